The Bertz CT molecular complexity index is 165. The van der Waals surface area contributed by atoms with Crippen LogP contribution in [0.15, 0.2) is 11.6 Å². The van der Waals surface area contributed by atoms with Crippen LogP contribution in [0, 0.1) is 11.8 Å². The van der Waals surface area contributed by atoms with Crippen LogP contribution in [0.2, 0.25) is 0 Å². The van der Waals surface area contributed by atoms with Gasteiger partial charge in [0.15, 0.2) is 0 Å². The van der Waals surface area contributed by atoms with Gasteiger partial charge in [0.25, 0.3) is 0 Å². The lowest BCUT2D eigenvalue weighted by atomic mass is 9.86. The van der Waals surface area contributed by atoms with Gasteiger partial charge in [-0.2, -0.15) is 0 Å². The molecule has 0 aromatic carbocycles. The molecule has 0 saturated carbocycles. The van der Waals surface area contributed by atoms with E-state index in [1.165, 1.54) is 12.8 Å². The third-order valence-electron chi connectivity index (χ3n) is 3.16. The SMILES string of the molecule is CCC(C)C(=CC(C)O[SiH3])C(C)CC. The predicted octanol–water partition coefficient (Wildman–Crippen LogP) is 2.69. The second kappa shape index (κ2) is 7.24. The smallest absolute Gasteiger partial charge is 0.146 e. The third kappa shape index (κ3) is 4.42. The highest BCUT2D eigenvalue weighted by Gasteiger charge is 2.13. The Morgan fingerprint density at radius 2 is 1.57 bits per heavy atom. The van der Waals surface area contributed by atoms with Crippen LogP contribution in [-0.2, 0) is 4.43 Å². The molecule has 0 radical (unpaired) electrons. The summed E-state index contributed by atoms with van der Waals surface area (Å²) in [5.41, 5.74) is 1.58. The van der Waals surface area contributed by atoms with E-state index in [0.29, 0.717) is 17.9 Å². The Balaban J connectivity index is 4.61. The quantitative estimate of drug-likeness (QED) is 0.488. The third-order valence-corrected chi connectivity index (χ3v) is 3.91. The lowest BCUT2D eigenvalue weighted by molar-refractivity contribution is 0.293. The van der Waals surface area contributed by atoms with E-state index >= 15 is 0 Å². The van der Waals surface area contributed by atoms with Crippen LogP contribution in [0.3, 0.4) is 0 Å². The Hall–Kier alpha value is -0.0831. The molecule has 0 N–H and O–H groups in total. The molecule has 0 aliphatic rings. The van der Waals surface area contributed by atoms with Crippen molar-refractivity contribution in [3.05, 3.63) is 11.6 Å². The fraction of sp³-hybridized carbons (Fsp3) is 0.833. The molecule has 84 valence electrons. The van der Waals surface area contributed by atoms with Crippen molar-refractivity contribution < 1.29 is 4.43 Å². The van der Waals surface area contributed by atoms with E-state index in [9.17, 15) is 0 Å². The van der Waals surface area contributed by atoms with Crippen molar-refractivity contribution in [2.75, 3.05) is 0 Å². The van der Waals surface area contributed by atoms with Crippen molar-refractivity contribution in [2.45, 2.75) is 53.6 Å². The molecule has 0 aliphatic heterocycles. The van der Waals surface area contributed by atoms with Crippen molar-refractivity contribution in [1.82, 2.24) is 0 Å². The van der Waals surface area contributed by atoms with Gasteiger partial charge in [-0.25, -0.2) is 0 Å². The van der Waals surface area contributed by atoms with Gasteiger partial charge in [-0.15, -0.1) is 0 Å². The zero-order chi connectivity index (χ0) is 11.1. The molecule has 0 aliphatic carbocycles. The van der Waals surface area contributed by atoms with Crippen molar-refractivity contribution in [1.29, 1.82) is 0 Å². The molecule has 3 atom stereocenters. The number of hydrogen-bond donors (Lipinski definition) is 0. The summed E-state index contributed by atoms with van der Waals surface area (Å²) < 4.78 is 5.43. The van der Waals surface area contributed by atoms with Gasteiger partial charge in [0.05, 0.1) is 6.10 Å². The molecule has 0 amide bonds. The van der Waals surface area contributed by atoms with E-state index in [-0.39, 0.29) is 0 Å². The lowest BCUT2D eigenvalue weighted by Gasteiger charge is -2.22. The van der Waals surface area contributed by atoms with Crippen molar-refractivity contribution in [3.8, 4) is 0 Å². The van der Waals surface area contributed by atoms with Crippen LogP contribution in [-0.4, -0.2) is 16.6 Å². The molecule has 3 unspecified atom stereocenters. The van der Waals surface area contributed by atoms with Gasteiger partial charge in [0, 0.05) is 0 Å². The molecular weight excluding hydrogens is 188 g/mol. The maximum atomic E-state index is 5.43. The van der Waals surface area contributed by atoms with Crippen LogP contribution in [0.4, 0.5) is 0 Å². The molecule has 0 heterocycles. The Labute approximate surface area is 92.5 Å². The maximum Gasteiger partial charge on any atom is 0.146 e. The van der Waals surface area contributed by atoms with Crippen LogP contribution in [0.1, 0.15) is 47.5 Å². The van der Waals surface area contributed by atoms with E-state index in [1.54, 1.807) is 5.57 Å². The zero-order valence-corrected chi connectivity index (χ0v) is 12.6. The van der Waals surface area contributed by atoms with Gasteiger partial charge < -0.3 is 4.43 Å². The summed E-state index contributed by atoms with van der Waals surface area (Å²) in [7, 11) is 0.828. The topological polar surface area (TPSA) is 9.23 Å². The number of allylic oxidation sites excluding steroid dienone is 1. The normalized spacial score (nSPS) is 17.5. The molecule has 0 saturated heterocycles. The van der Waals surface area contributed by atoms with Crippen molar-refractivity contribution >= 4 is 10.5 Å². The van der Waals surface area contributed by atoms with E-state index in [2.05, 4.69) is 40.7 Å². The second-order valence-electron chi connectivity index (χ2n) is 4.23. The molecule has 14 heavy (non-hydrogen) atoms. The minimum Gasteiger partial charge on any atom is -0.422 e. The highest BCUT2D eigenvalue weighted by atomic mass is 28.2. The van der Waals surface area contributed by atoms with Gasteiger partial charge >= 0.3 is 0 Å². The number of hydrogen-bond acceptors (Lipinski definition) is 1. The fourth-order valence-corrected chi connectivity index (χ4v) is 1.76. The fourth-order valence-electron chi connectivity index (χ4n) is 1.62. The summed E-state index contributed by atoms with van der Waals surface area (Å²) >= 11 is 0. The standard InChI is InChI=1S/C12H26OSi/c1-6-9(3)12(10(4)7-2)8-11(5)13-14/h8-11H,6-7H2,1-5,14H3. The monoisotopic (exact) mass is 214 g/mol. The lowest BCUT2D eigenvalue weighted by Crippen LogP contribution is -2.12. The summed E-state index contributed by atoms with van der Waals surface area (Å²) in [6.07, 6.45) is 5.09. The maximum absolute atomic E-state index is 5.43. The zero-order valence-electron chi connectivity index (χ0n) is 10.6. The van der Waals surface area contributed by atoms with E-state index in [1.807, 2.05) is 0 Å². The van der Waals surface area contributed by atoms with Crippen LogP contribution >= 0.6 is 0 Å². The van der Waals surface area contributed by atoms with Crippen LogP contribution in [0.25, 0.3) is 0 Å². The van der Waals surface area contributed by atoms with E-state index < -0.39 is 0 Å². The molecule has 0 fully saturated rings. The van der Waals surface area contributed by atoms with Gasteiger partial charge in [-0.3, -0.25) is 0 Å². The Morgan fingerprint density at radius 3 is 1.86 bits per heavy atom. The van der Waals surface area contributed by atoms with Crippen molar-refractivity contribution in [3.63, 3.8) is 0 Å². The first-order chi connectivity index (χ1) is 6.56. The van der Waals surface area contributed by atoms with Crippen molar-refractivity contribution in [2.24, 2.45) is 11.8 Å². The van der Waals surface area contributed by atoms with Crippen LogP contribution in [0.5, 0.6) is 0 Å². The van der Waals surface area contributed by atoms with Gasteiger partial charge in [0.1, 0.15) is 10.5 Å². The minimum atomic E-state index is 0.305. The Morgan fingerprint density at radius 1 is 1.14 bits per heavy atom. The molecule has 0 rings (SSSR count). The Kier molecular flexibility index (Phi) is 7.20. The summed E-state index contributed by atoms with van der Waals surface area (Å²) in [6.45, 7) is 11.3. The molecule has 0 spiro atoms. The molecule has 0 aromatic heterocycles. The first-order valence-electron chi connectivity index (χ1n) is 5.81. The van der Waals surface area contributed by atoms with Gasteiger partial charge in [-0.1, -0.05) is 39.3 Å². The average Bonchev–Trinajstić information content (AvgIpc) is 2.23. The molecular formula is C12H26OSi. The van der Waals surface area contributed by atoms with Crippen LogP contribution < -0.4 is 0 Å². The first-order valence-corrected chi connectivity index (χ1v) is 6.62. The minimum absolute atomic E-state index is 0.305. The second-order valence-corrected chi connectivity index (χ2v) is 4.70. The molecule has 1 nitrogen and oxygen atoms in total. The van der Waals surface area contributed by atoms with E-state index in [0.717, 1.165) is 10.5 Å². The molecule has 0 bridgehead atoms. The van der Waals surface area contributed by atoms with Gasteiger partial charge in [0.2, 0.25) is 0 Å². The summed E-state index contributed by atoms with van der Waals surface area (Å²) in [5.74, 6) is 1.40. The number of rotatable bonds is 6. The van der Waals surface area contributed by atoms with E-state index in [4.69, 9.17) is 4.43 Å². The first kappa shape index (κ1) is 13.9. The highest BCUT2D eigenvalue weighted by molar-refractivity contribution is 5.98. The molecule has 0 aromatic rings. The predicted molar refractivity (Wildman–Crippen MR) is 67.5 cm³/mol. The molecule has 2 heteroatoms. The summed E-state index contributed by atoms with van der Waals surface area (Å²) in [4.78, 5) is 0. The van der Waals surface area contributed by atoms with Gasteiger partial charge in [-0.05, 0) is 31.6 Å². The average molecular weight is 214 g/mol. The largest absolute Gasteiger partial charge is 0.422 e. The summed E-state index contributed by atoms with van der Waals surface area (Å²) in [5, 5.41) is 0. The summed E-state index contributed by atoms with van der Waals surface area (Å²) in [6, 6.07) is 0. The highest BCUT2D eigenvalue weighted by Crippen LogP contribution is 2.25.